The molecule has 92 valence electrons. The Morgan fingerprint density at radius 2 is 1.50 bits per heavy atom. The molecule has 1 aromatic heterocycles. The summed E-state index contributed by atoms with van der Waals surface area (Å²) in [5, 5.41) is 0. The summed E-state index contributed by atoms with van der Waals surface area (Å²) < 4.78 is 0. The number of rotatable bonds is 2. The fourth-order valence-corrected chi connectivity index (χ4v) is 1.68. The van der Waals surface area contributed by atoms with Crippen LogP contribution in [0.5, 0.6) is 0 Å². The number of carbonyl (C=O) groups is 1. The van der Waals surface area contributed by atoms with Crippen LogP contribution < -0.4 is 5.73 Å². The number of nitrogens with zero attached hydrogens (tertiary/aromatic N) is 2. The highest BCUT2D eigenvalue weighted by Gasteiger charge is 2.07. The zero-order chi connectivity index (χ0) is 13.3. The predicted molar refractivity (Wildman–Crippen MR) is 70.2 cm³/mol. The van der Waals surface area contributed by atoms with Gasteiger partial charge in [0.05, 0.1) is 0 Å². The van der Waals surface area contributed by atoms with Crippen LogP contribution in [0.3, 0.4) is 0 Å². The zero-order valence-electron chi connectivity index (χ0n) is 10.7. The molecule has 2 N–H and O–H groups in total. The lowest BCUT2D eigenvalue weighted by atomic mass is 10.1. The Morgan fingerprint density at radius 3 is 1.94 bits per heavy atom. The van der Waals surface area contributed by atoms with Gasteiger partial charge in [-0.15, -0.1) is 0 Å². The van der Waals surface area contributed by atoms with Crippen molar-refractivity contribution in [1.82, 2.24) is 9.97 Å². The van der Waals surface area contributed by atoms with Gasteiger partial charge in [-0.2, -0.15) is 0 Å². The minimum Gasteiger partial charge on any atom is -0.366 e. The predicted octanol–water partition coefficient (Wildman–Crippen LogP) is 2.17. The second kappa shape index (κ2) is 4.56. The van der Waals surface area contributed by atoms with Gasteiger partial charge in [0, 0.05) is 22.5 Å². The van der Waals surface area contributed by atoms with Gasteiger partial charge < -0.3 is 5.73 Å². The van der Waals surface area contributed by atoms with Crippen LogP contribution in [0.2, 0.25) is 0 Å². The Hall–Kier alpha value is -2.23. The average molecular weight is 241 g/mol. The molecular formula is C14H15N3O. The van der Waals surface area contributed by atoms with Crippen LogP contribution in [0.1, 0.15) is 27.3 Å². The van der Waals surface area contributed by atoms with Crippen LogP contribution in [-0.4, -0.2) is 15.9 Å². The van der Waals surface area contributed by atoms with Gasteiger partial charge in [-0.25, -0.2) is 9.97 Å². The topological polar surface area (TPSA) is 68.9 Å². The number of nitrogens with two attached hydrogens (primary N) is 1. The minimum atomic E-state index is -0.432. The highest BCUT2D eigenvalue weighted by molar-refractivity contribution is 5.93. The highest BCUT2D eigenvalue weighted by Crippen LogP contribution is 2.18. The molecule has 1 heterocycles. The molecule has 0 fully saturated rings. The first-order chi connectivity index (χ1) is 8.49. The van der Waals surface area contributed by atoms with Crippen molar-refractivity contribution in [2.24, 2.45) is 5.73 Å². The van der Waals surface area contributed by atoms with E-state index in [0.29, 0.717) is 11.4 Å². The van der Waals surface area contributed by atoms with Crippen molar-refractivity contribution in [2.45, 2.75) is 20.8 Å². The number of hydrogen-bond donors (Lipinski definition) is 1. The molecule has 18 heavy (non-hydrogen) atoms. The number of aryl methyl sites for hydroxylation is 2. The first-order valence-corrected chi connectivity index (χ1v) is 5.71. The van der Waals surface area contributed by atoms with Gasteiger partial charge in [0.15, 0.2) is 5.82 Å². The first-order valence-electron chi connectivity index (χ1n) is 5.71. The van der Waals surface area contributed by atoms with Gasteiger partial charge in [0.2, 0.25) is 5.91 Å². The number of primary amides is 1. The summed E-state index contributed by atoms with van der Waals surface area (Å²) in [7, 11) is 0. The standard InChI is InChI=1S/C14H15N3O/c1-8-9(2)16-14(17-10(8)3)12-6-4-11(5-7-12)13(15)18/h4-7H,1-3H3,(H2,15,18). The van der Waals surface area contributed by atoms with Gasteiger partial charge in [-0.3, -0.25) is 4.79 Å². The Morgan fingerprint density at radius 1 is 1.00 bits per heavy atom. The van der Waals surface area contributed by atoms with E-state index in [-0.39, 0.29) is 0 Å². The maximum absolute atomic E-state index is 11.0. The Balaban J connectivity index is 2.46. The fraction of sp³-hybridized carbons (Fsp3) is 0.214. The number of hydrogen-bond acceptors (Lipinski definition) is 3. The van der Waals surface area contributed by atoms with Crippen molar-refractivity contribution in [3.8, 4) is 11.4 Å². The molecule has 0 atom stereocenters. The largest absolute Gasteiger partial charge is 0.366 e. The van der Waals surface area contributed by atoms with Crippen LogP contribution in [-0.2, 0) is 0 Å². The lowest BCUT2D eigenvalue weighted by Gasteiger charge is -2.07. The summed E-state index contributed by atoms with van der Waals surface area (Å²) in [5.74, 6) is 0.241. The Bertz CT molecular complexity index is 580. The molecule has 2 rings (SSSR count). The van der Waals surface area contributed by atoms with Gasteiger partial charge in [-0.1, -0.05) is 12.1 Å². The van der Waals surface area contributed by atoms with Crippen LogP contribution in [0.4, 0.5) is 0 Å². The average Bonchev–Trinajstić information content (AvgIpc) is 2.35. The molecule has 0 aliphatic carbocycles. The molecule has 1 aromatic carbocycles. The summed E-state index contributed by atoms with van der Waals surface area (Å²) >= 11 is 0. The zero-order valence-corrected chi connectivity index (χ0v) is 10.7. The molecule has 0 bridgehead atoms. The Kier molecular flexibility index (Phi) is 3.10. The lowest BCUT2D eigenvalue weighted by Crippen LogP contribution is -2.10. The van der Waals surface area contributed by atoms with E-state index in [0.717, 1.165) is 22.5 Å². The van der Waals surface area contributed by atoms with Crippen LogP contribution >= 0.6 is 0 Å². The van der Waals surface area contributed by atoms with Gasteiger partial charge in [0.25, 0.3) is 0 Å². The molecule has 0 spiro atoms. The molecule has 0 saturated heterocycles. The number of benzene rings is 1. The molecular weight excluding hydrogens is 226 g/mol. The van der Waals surface area contributed by atoms with Gasteiger partial charge in [-0.05, 0) is 38.5 Å². The van der Waals surface area contributed by atoms with Crippen molar-refractivity contribution < 1.29 is 4.79 Å². The third-order valence-corrected chi connectivity index (χ3v) is 3.06. The molecule has 2 aromatic rings. The van der Waals surface area contributed by atoms with E-state index in [2.05, 4.69) is 9.97 Å². The third-order valence-electron chi connectivity index (χ3n) is 3.06. The number of amides is 1. The number of carbonyl (C=O) groups excluding carboxylic acids is 1. The second-order valence-corrected chi connectivity index (χ2v) is 4.28. The quantitative estimate of drug-likeness (QED) is 0.876. The smallest absolute Gasteiger partial charge is 0.248 e. The van der Waals surface area contributed by atoms with Crippen LogP contribution in [0.15, 0.2) is 24.3 Å². The molecule has 0 aliphatic rings. The molecule has 4 nitrogen and oxygen atoms in total. The van der Waals surface area contributed by atoms with E-state index in [9.17, 15) is 4.79 Å². The molecule has 0 unspecified atom stereocenters. The summed E-state index contributed by atoms with van der Waals surface area (Å²) in [6, 6.07) is 6.99. The van der Waals surface area contributed by atoms with Gasteiger partial charge in [0.1, 0.15) is 0 Å². The molecule has 4 heteroatoms. The summed E-state index contributed by atoms with van der Waals surface area (Å²) in [5.41, 5.74) is 9.61. The van der Waals surface area contributed by atoms with Crippen molar-refractivity contribution in [2.75, 3.05) is 0 Å². The van der Waals surface area contributed by atoms with Crippen molar-refractivity contribution in [3.63, 3.8) is 0 Å². The maximum atomic E-state index is 11.0. The minimum absolute atomic E-state index is 0.432. The Labute approximate surface area is 106 Å². The van der Waals surface area contributed by atoms with Crippen molar-refractivity contribution in [3.05, 3.63) is 46.8 Å². The van der Waals surface area contributed by atoms with Crippen molar-refractivity contribution in [1.29, 1.82) is 0 Å². The number of aromatic nitrogens is 2. The normalized spacial score (nSPS) is 10.4. The van der Waals surface area contributed by atoms with Crippen molar-refractivity contribution >= 4 is 5.91 Å². The molecule has 0 radical (unpaired) electrons. The summed E-state index contributed by atoms with van der Waals surface area (Å²) in [6.07, 6.45) is 0. The fourth-order valence-electron chi connectivity index (χ4n) is 1.68. The van der Waals surface area contributed by atoms with Crippen LogP contribution in [0, 0.1) is 20.8 Å². The monoisotopic (exact) mass is 241 g/mol. The van der Waals surface area contributed by atoms with E-state index in [1.807, 2.05) is 32.9 Å². The SMILES string of the molecule is Cc1nc(-c2ccc(C(N)=O)cc2)nc(C)c1C. The molecule has 0 aliphatic heterocycles. The second-order valence-electron chi connectivity index (χ2n) is 4.28. The van der Waals surface area contributed by atoms with E-state index in [1.54, 1.807) is 12.1 Å². The first kappa shape index (κ1) is 12.2. The summed E-state index contributed by atoms with van der Waals surface area (Å²) in [4.78, 5) is 19.9. The molecule has 0 saturated carbocycles. The van der Waals surface area contributed by atoms with Gasteiger partial charge >= 0.3 is 0 Å². The van der Waals surface area contributed by atoms with Crippen LogP contribution in [0.25, 0.3) is 11.4 Å². The highest BCUT2D eigenvalue weighted by atomic mass is 16.1. The van der Waals surface area contributed by atoms with E-state index in [4.69, 9.17) is 5.73 Å². The van der Waals surface area contributed by atoms with E-state index >= 15 is 0 Å². The lowest BCUT2D eigenvalue weighted by molar-refractivity contribution is 0.100. The maximum Gasteiger partial charge on any atom is 0.248 e. The van der Waals surface area contributed by atoms with E-state index in [1.165, 1.54) is 0 Å². The van der Waals surface area contributed by atoms with E-state index < -0.39 is 5.91 Å². The summed E-state index contributed by atoms with van der Waals surface area (Å²) in [6.45, 7) is 5.93. The third kappa shape index (κ3) is 2.22. The molecule has 1 amide bonds.